The third-order valence-electron chi connectivity index (χ3n) is 4.85. The summed E-state index contributed by atoms with van der Waals surface area (Å²) < 4.78 is 19.1. The summed E-state index contributed by atoms with van der Waals surface area (Å²) in [5.74, 6) is 0.489. The van der Waals surface area contributed by atoms with E-state index in [4.69, 9.17) is 10.5 Å². The molecule has 0 bridgehead atoms. The van der Waals surface area contributed by atoms with Crippen molar-refractivity contribution in [1.29, 1.82) is 0 Å². The van der Waals surface area contributed by atoms with Crippen molar-refractivity contribution in [2.75, 3.05) is 6.54 Å². The first kappa shape index (κ1) is 20.3. The lowest BCUT2D eigenvalue weighted by Gasteiger charge is -2.09. The van der Waals surface area contributed by atoms with E-state index in [1.54, 1.807) is 12.1 Å². The van der Waals surface area contributed by atoms with E-state index in [1.165, 1.54) is 18.5 Å². The van der Waals surface area contributed by atoms with Crippen LogP contribution < -0.4 is 10.5 Å². The van der Waals surface area contributed by atoms with E-state index in [9.17, 15) is 4.39 Å². The third kappa shape index (κ3) is 5.34. The summed E-state index contributed by atoms with van der Waals surface area (Å²) >= 11 is 0. The van der Waals surface area contributed by atoms with Crippen molar-refractivity contribution < 1.29 is 9.13 Å². The minimum atomic E-state index is -0.263. The number of aliphatic imine (C=N–C) groups is 1. The highest BCUT2D eigenvalue weighted by Crippen LogP contribution is 2.23. The second-order valence-corrected chi connectivity index (χ2v) is 7.02. The zero-order valence-corrected chi connectivity index (χ0v) is 16.9. The number of para-hydroxylation sites is 1. The van der Waals surface area contributed by atoms with Crippen LogP contribution in [0.3, 0.4) is 0 Å². The number of halogens is 1. The fourth-order valence-corrected chi connectivity index (χ4v) is 3.24. The predicted octanol–water partition coefficient (Wildman–Crippen LogP) is 5.48. The number of ether oxygens (including phenoxy) is 1. The zero-order chi connectivity index (χ0) is 21.5. The van der Waals surface area contributed by atoms with Crippen LogP contribution in [0, 0.1) is 5.82 Å². The van der Waals surface area contributed by atoms with Gasteiger partial charge in [0.25, 0.3) is 0 Å². The molecule has 1 aromatic heterocycles. The van der Waals surface area contributed by atoms with Gasteiger partial charge < -0.3 is 10.5 Å². The fourth-order valence-electron chi connectivity index (χ4n) is 3.24. The molecule has 4 rings (SSSR count). The summed E-state index contributed by atoms with van der Waals surface area (Å²) in [6.45, 7) is 0.814. The Bertz CT molecular complexity index is 1220. The quantitative estimate of drug-likeness (QED) is 0.249. The Kier molecular flexibility index (Phi) is 6.33. The summed E-state index contributed by atoms with van der Waals surface area (Å²) in [7, 11) is 0. The molecule has 0 amide bonds. The van der Waals surface area contributed by atoms with Crippen molar-refractivity contribution in [3.63, 3.8) is 0 Å². The van der Waals surface area contributed by atoms with Gasteiger partial charge in [0, 0.05) is 5.39 Å². The molecule has 0 fully saturated rings. The van der Waals surface area contributed by atoms with Crippen LogP contribution in [-0.2, 0) is 6.61 Å². The second kappa shape index (κ2) is 9.67. The molecule has 3 aromatic carbocycles. The molecule has 0 aliphatic heterocycles. The number of fused-ring (bicyclic) bond motifs is 1. The Hall–Kier alpha value is -3.99. The molecule has 0 spiro atoms. The highest BCUT2D eigenvalue weighted by molar-refractivity contribution is 5.83. The van der Waals surface area contributed by atoms with Gasteiger partial charge in [0.2, 0.25) is 0 Å². The molecule has 0 atom stereocenters. The molecule has 4 nitrogen and oxygen atoms in total. The average Bonchev–Trinajstić information content (AvgIpc) is 2.82. The van der Waals surface area contributed by atoms with Crippen molar-refractivity contribution in [1.82, 2.24) is 4.98 Å². The van der Waals surface area contributed by atoms with Crippen molar-refractivity contribution >= 4 is 28.9 Å². The third-order valence-corrected chi connectivity index (χ3v) is 4.85. The van der Waals surface area contributed by atoms with Crippen LogP contribution in [-0.4, -0.2) is 17.9 Å². The number of rotatable bonds is 7. The van der Waals surface area contributed by atoms with Crippen LogP contribution in [0.15, 0.2) is 89.9 Å². The molecule has 0 aliphatic rings. The average molecular weight is 411 g/mol. The van der Waals surface area contributed by atoms with E-state index in [0.717, 1.165) is 39.0 Å². The van der Waals surface area contributed by atoms with Gasteiger partial charge in [-0.15, -0.1) is 0 Å². The van der Waals surface area contributed by atoms with Crippen molar-refractivity contribution in [2.45, 2.75) is 6.61 Å². The standard InChI is InChI=1S/C26H22FN3O/c27-23-10-5-19(6-11-23)15-22(16-29-18-28)20-8-13-25(14-9-20)31-17-24-12-7-21-3-1-2-4-26(21)30-24/h1-15,18H,16-17H2,(H2,28,29). The van der Waals surface area contributed by atoms with Crippen LogP contribution in [0.25, 0.3) is 22.6 Å². The van der Waals surface area contributed by atoms with Gasteiger partial charge in [-0.05, 0) is 59.2 Å². The smallest absolute Gasteiger partial charge is 0.130 e. The molecule has 5 heteroatoms. The minimum absolute atomic E-state index is 0.263. The number of pyridine rings is 1. The fraction of sp³-hybridized carbons (Fsp3) is 0.0769. The SMILES string of the molecule is NC=NCC(=Cc1ccc(F)cc1)c1ccc(OCc2ccc3ccccc3n2)cc1. The van der Waals surface area contributed by atoms with Crippen molar-refractivity contribution in [3.05, 3.63) is 108 Å². The van der Waals surface area contributed by atoms with Crippen LogP contribution in [0.1, 0.15) is 16.8 Å². The molecule has 0 radical (unpaired) electrons. The molecule has 0 aliphatic carbocycles. The normalized spacial score (nSPS) is 11.8. The van der Waals surface area contributed by atoms with Crippen LogP contribution in [0.5, 0.6) is 5.75 Å². The molecule has 0 saturated carbocycles. The number of benzene rings is 3. The van der Waals surface area contributed by atoms with Gasteiger partial charge in [-0.2, -0.15) is 0 Å². The van der Waals surface area contributed by atoms with Crippen LogP contribution in [0.2, 0.25) is 0 Å². The Morgan fingerprint density at radius 3 is 2.48 bits per heavy atom. The first-order valence-corrected chi connectivity index (χ1v) is 9.95. The van der Waals surface area contributed by atoms with Gasteiger partial charge in [0.1, 0.15) is 18.2 Å². The van der Waals surface area contributed by atoms with E-state index in [1.807, 2.05) is 60.7 Å². The number of nitrogens with two attached hydrogens (primary N) is 1. The van der Waals surface area contributed by atoms with Gasteiger partial charge in [-0.1, -0.05) is 48.5 Å². The van der Waals surface area contributed by atoms with E-state index >= 15 is 0 Å². The number of hydrogen-bond acceptors (Lipinski definition) is 3. The molecule has 31 heavy (non-hydrogen) atoms. The Morgan fingerprint density at radius 1 is 0.935 bits per heavy atom. The number of aromatic nitrogens is 1. The largest absolute Gasteiger partial charge is 0.487 e. The molecule has 1 heterocycles. The highest BCUT2D eigenvalue weighted by Gasteiger charge is 2.04. The maximum absolute atomic E-state index is 13.2. The molecule has 4 aromatic rings. The topological polar surface area (TPSA) is 60.5 Å². The molecule has 154 valence electrons. The van der Waals surface area contributed by atoms with Gasteiger partial charge in [-0.3, -0.25) is 4.99 Å². The first-order chi connectivity index (χ1) is 15.2. The maximum Gasteiger partial charge on any atom is 0.130 e. The minimum Gasteiger partial charge on any atom is -0.487 e. The van der Waals surface area contributed by atoms with E-state index in [2.05, 4.69) is 16.0 Å². The van der Waals surface area contributed by atoms with Gasteiger partial charge in [0.15, 0.2) is 0 Å². The van der Waals surface area contributed by atoms with Gasteiger partial charge in [0.05, 0.1) is 24.1 Å². The monoisotopic (exact) mass is 411 g/mol. The molecule has 2 N–H and O–H groups in total. The summed E-state index contributed by atoms with van der Waals surface area (Å²) in [4.78, 5) is 8.79. The van der Waals surface area contributed by atoms with E-state index in [0.29, 0.717) is 13.2 Å². The number of hydrogen-bond donors (Lipinski definition) is 1. The van der Waals surface area contributed by atoms with Crippen LogP contribution >= 0.6 is 0 Å². The summed E-state index contributed by atoms with van der Waals surface area (Å²) in [5, 5.41) is 1.11. The van der Waals surface area contributed by atoms with E-state index in [-0.39, 0.29) is 5.82 Å². The zero-order valence-electron chi connectivity index (χ0n) is 16.9. The summed E-state index contributed by atoms with van der Waals surface area (Å²) in [6.07, 6.45) is 3.26. The Morgan fingerprint density at radius 2 is 1.71 bits per heavy atom. The predicted molar refractivity (Wildman–Crippen MR) is 124 cm³/mol. The van der Waals surface area contributed by atoms with Crippen molar-refractivity contribution in [3.8, 4) is 5.75 Å². The lowest BCUT2D eigenvalue weighted by molar-refractivity contribution is 0.302. The lowest BCUT2D eigenvalue weighted by Crippen LogP contribution is -1.99. The Labute approximate surface area is 180 Å². The summed E-state index contributed by atoms with van der Waals surface area (Å²) in [6, 6.07) is 26.2. The van der Waals surface area contributed by atoms with E-state index < -0.39 is 0 Å². The van der Waals surface area contributed by atoms with Gasteiger partial charge in [-0.25, -0.2) is 9.37 Å². The highest BCUT2D eigenvalue weighted by atomic mass is 19.1. The molecule has 0 saturated heterocycles. The second-order valence-electron chi connectivity index (χ2n) is 7.02. The first-order valence-electron chi connectivity index (χ1n) is 9.95. The summed E-state index contributed by atoms with van der Waals surface area (Å²) in [5.41, 5.74) is 10.1. The molecule has 0 unspecified atom stereocenters. The lowest BCUT2D eigenvalue weighted by atomic mass is 10.0. The maximum atomic E-state index is 13.2. The van der Waals surface area contributed by atoms with Crippen molar-refractivity contribution in [2.24, 2.45) is 10.7 Å². The molecular weight excluding hydrogens is 389 g/mol. The molecular formula is C26H22FN3O. The Balaban J connectivity index is 1.48. The van der Waals surface area contributed by atoms with Crippen LogP contribution in [0.4, 0.5) is 4.39 Å². The van der Waals surface area contributed by atoms with Gasteiger partial charge >= 0.3 is 0 Å². The number of nitrogens with zero attached hydrogens (tertiary/aromatic N) is 2.